The summed E-state index contributed by atoms with van der Waals surface area (Å²) in [6.07, 6.45) is 0. The number of aliphatic hydroxyl groups excluding tert-OH is 1. The quantitative estimate of drug-likeness (QED) is 0.672. The molecule has 0 aromatic heterocycles. The Labute approximate surface area is 81.7 Å². The van der Waals surface area contributed by atoms with Crippen LogP contribution in [-0.4, -0.2) is 35.6 Å². The largest absolute Gasteiger partial charge is 0.486 e. The van der Waals surface area contributed by atoms with Gasteiger partial charge in [0.2, 0.25) is 0 Å². The van der Waals surface area contributed by atoms with Crippen molar-refractivity contribution in [3.8, 4) is 11.5 Å². The molecule has 0 amide bonds. The van der Waals surface area contributed by atoms with Crippen molar-refractivity contribution in [1.29, 1.82) is 0 Å². The maximum atomic E-state index is 9.73. The minimum Gasteiger partial charge on any atom is -0.486 e. The lowest BCUT2D eigenvalue weighted by Crippen LogP contribution is -2.44. The Balaban J connectivity index is 2.22. The molecule has 14 heavy (non-hydrogen) atoms. The van der Waals surface area contributed by atoms with E-state index in [2.05, 4.69) is 0 Å². The highest BCUT2D eigenvalue weighted by atomic mass is 16.6. The van der Waals surface area contributed by atoms with Crippen molar-refractivity contribution >= 4 is 0 Å². The van der Waals surface area contributed by atoms with Crippen LogP contribution in [0.4, 0.5) is 0 Å². The van der Waals surface area contributed by atoms with E-state index >= 15 is 0 Å². The van der Waals surface area contributed by atoms with Crippen LogP contribution in [0.3, 0.4) is 0 Å². The summed E-state index contributed by atoms with van der Waals surface area (Å²) in [4.78, 5) is 0. The predicted octanol–water partition coefficient (Wildman–Crippen LogP) is 0.181. The van der Waals surface area contributed by atoms with Gasteiger partial charge < -0.3 is 19.7 Å². The minimum atomic E-state index is -1.31. The van der Waals surface area contributed by atoms with Gasteiger partial charge in [0.15, 0.2) is 17.1 Å². The van der Waals surface area contributed by atoms with Crippen molar-refractivity contribution in [3.63, 3.8) is 0 Å². The Hall–Kier alpha value is -1.26. The SMILES string of the molecule is OCC1(O)COc2ccccc2OC1. The summed E-state index contributed by atoms with van der Waals surface area (Å²) >= 11 is 0. The zero-order valence-electron chi connectivity index (χ0n) is 7.64. The van der Waals surface area contributed by atoms with Crippen LogP contribution >= 0.6 is 0 Å². The van der Waals surface area contributed by atoms with E-state index in [1.165, 1.54) is 0 Å². The van der Waals surface area contributed by atoms with E-state index < -0.39 is 5.60 Å². The zero-order chi connectivity index (χ0) is 10.0. The Kier molecular flexibility index (Phi) is 2.31. The maximum absolute atomic E-state index is 9.73. The van der Waals surface area contributed by atoms with Gasteiger partial charge in [-0.05, 0) is 12.1 Å². The van der Waals surface area contributed by atoms with E-state index in [-0.39, 0.29) is 19.8 Å². The van der Waals surface area contributed by atoms with Crippen LogP contribution in [0, 0.1) is 0 Å². The van der Waals surface area contributed by atoms with E-state index in [0.29, 0.717) is 11.5 Å². The second-order valence-electron chi connectivity index (χ2n) is 3.41. The van der Waals surface area contributed by atoms with Gasteiger partial charge in [0.05, 0.1) is 6.61 Å². The average Bonchev–Trinajstić information content (AvgIpc) is 2.40. The fourth-order valence-electron chi connectivity index (χ4n) is 1.25. The van der Waals surface area contributed by atoms with Crippen molar-refractivity contribution < 1.29 is 19.7 Å². The first kappa shape index (κ1) is 9.30. The molecule has 0 unspecified atom stereocenters. The average molecular weight is 196 g/mol. The van der Waals surface area contributed by atoms with E-state index in [4.69, 9.17) is 14.6 Å². The fourth-order valence-corrected chi connectivity index (χ4v) is 1.25. The second-order valence-corrected chi connectivity index (χ2v) is 3.41. The lowest BCUT2D eigenvalue weighted by atomic mass is 10.1. The molecular formula is C10H12O4. The summed E-state index contributed by atoms with van der Waals surface area (Å²) in [5.74, 6) is 1.19. The molecule has 1 heterocycles. The maximum Gasteiger partial charge on any atom is 0.161 e. The lowest BCUT2D eigenvalue weighted by Gasteiger charge is -2.21. The van der Waals surface area contributed by atoms with Gasteiger partial charge in [-0.3, -0.25) is 0 Å². The van der Waals surface area contributed by atoms with Crippen molar-refractivity contribution in [3.05, 3.63) is 24.3 Å². The van der Waals surface area contributed by atoms with Crippen molar-refractivity contribution in [2.75, 3.05) is 19.8 Å². The van der Waals surface area contributed by atoms with E-state index in [0.717, 1.165) is 0 Å². The highest BCUT2D eigenvalue weighted by Crippen LogP contribution is 2.30. The van der Waals surface area contributed by atoms with Gasteiger partial charge in [0.1, 0.15) is 13.2 Å². The van der Waals surface area contributed by atoms with Gasteiger partial charge in [0, 0.05) is 0 Å². The smallest absolute Gasteiger partial charge is 0.161 e. The fraction of sp³-hybridized carbons (Fsp3) is 0.400. The molecule has 1 aromatic rings. The van der Waals surface area contributed by atoms with Gasteiger partial charge in [-0.15, -0.1) is 0 Å². The molecule has 0 spiro atoms. The minimum absolute atomic E-state index is 0.0422. The summed E-state index contributed by atoms with van der Waals surface area (Å²) in [6.45, 7) is -0.290. The molecule has 0 saturated carbocycles. The molecule has 0 radical (unpaired) electrons. The summed E-state index contributed by atoms with van der Waals surface area (Å²) < 4.78 is 10.6. The zero-order valence-corrected chi connectivity index (χ0v) is 7.64. The van der Waals surface area contributed by atoms with Crippen LogP contribution in [-0.2, 0) is 0 Å². The molecular weight excluding hydrogens is 184 g/mol. The van der Waals surface area contributed by atoms with Gasteiger partial charge in [-0.2, -0.15) is 0 Å². The van der Waals surface area contributed by atoms with Crippen LogP contribution in [0.2, 0.25) is 0 Å². The van der Waals surface area contributed by atoms with Crippen molar-refractivity contribution in [1.82, 2.24) is 0 Å². The summed E-state index contributed by atoms with van der Waals surface area (Å²) in [5.41, 5.74) is -1.31. The molecule has 1 aliphatic rings. The summed E-state index contributed by atoms with van der Waals surface area (Å²) in [5, 5.41) is 18.7. The van der Waals surface area contributed by atoms with Gasteiger partial charge in [0.25, 0.3) is 0 Å². The van der Waals surface area contributed by atoms with Crippen LogP contribution < -0.4 is 9.47 Å². The number of aliphatic hydroxyl groups is 2. The second kappa shape index (κ2) is 3.48. The Morgan fingerprint density at radius 1 is 1.14 bits per heavy atom. The number of hydrogen-bond acceptors (Lipinski definition) is 4. The molecule has 0 saturated heterocycles. The van der Waals surface area contributed by atoms with Crippen LogP contribution in [0.1, 0.15) is 0 Å². The normalized spacial score (nSPS) is 18.7. The standard InChI is InChI=1S/C10H12O4/c11-5-10(12)6-13-8-3-1-2-4-9(8)14-7-10/h1-4,11-12H,5-7H2. The lowest BCUT2D eigenvalue weighted by molar-refractivity contribution is -0.0653. The monoisotopic (exact) mass is 196 g/mol. The molecule has 2 rings (SSSR count). The summed E-state index contributed by atoms with van der Waals surface area (Å²) in [6, 6.07) is 7.17. The van der Waals surface area contributed by atoms with Gasteiger partial charge in [-0.25, -0.2) is 0 Å². The first-order valence-electron chi connectivity index (χ1n) is 4.41. The molecule has 2 N–H and O–H groups in total. The molecule has 1 aromatic carbocycles. The number of fused-ring (bicyclic) bond motifs is 1. The van der Waals surface area contributed by atoms with E-state index in [1.807, 2.05) is 12.1 Å². The molecule has 0 bridgehead atoms. The number of para-hydroxylation sites is 2. The Morgan fingerprint density at radius 3 is 2.07 bits per heavy atom. The molecule has 0 atom stereocenters. The highest BCUT2D eigenvalue weighted by Gasteiger charge is 2.31. The number of hydrogen-bond donors (Lipinski definition) is 2. The third-order valence-electron chi connectivity index (χ3n) is 2.14. The Morgan fingerprint density at radius 2 is 1.64 bits per heavy atom. The van der Waals surface area contributed by atoms with Crippen molar-refractivity contribution in [2.24, 2.45) is 0 Å². The molecule has 1 aliphatic heterocycles. The predicted molar refractivity (Wildman–Crippen MR) is 49.5 cm³/mol. The van der Waals surface area contributed by atoms with Gasteiger partial charge >= 0.3 is 0 Å². The number of benzene rings is 1. The Bertz CT molecular complexity index is 297. The number of ether oxygens (including phenoxy) is 2. The first-order chi connectivity index (χ1) is 6.73. The van der Waals surface area contributed by atoms with E-state index in [1.54, 1.807) is 12.1 Å². The van der Waals surface area contributed by atoms with Crippen LogP contribution in [0.5, 0.6) is 11.5 Å². The van der Waals surface area contributed by atoms with Gasteiger partial charge in [-0.1, -0.05) is 12.1 Å². The molecule has 4 heteroatoms. The number of rotatable bonds is 1. The van der Waals surface area contributed by atoms with Crippen LogP contribution in [0.15, 0.2) is 24.3 Å². The van der Waals surface area contributed by atoms with Crippen LogP contribution in [0.25, 0.3) is 0 Å². The van der Waals surface area contributed by atoms with E-state index in [9.17, 15) is 5.11 Å². The molecule has 4 nitrogen and oxygen atoms in total. The van der Waals surface area contributed by atoms with Crippen molar-refractivity contribution in [2.45, 2.75) is 5.60 Å². The topological polar surface area (TPSA) is 58.9 Å². The molecule has 0 fully saturated rings. The highest BCUT2D eigenvalue weighted by molar-refractivity contribution is 5.40. The molecule has 0 aliphatic carbocycles. The first-order valence-corrected chi connectivity index (χ1v) is 4.41. The third-order valence-corrected chi connectivity index (χ3v) is 2.14. The molecule has 76 valence electrons. The third kappa shape index (κ3) is 1.66. The summed E-state index contributed by atoms with van der Waals surface area (Å²) in [7, 11) is 0.